The van der Waals surface area contributed by atoms with Crippen LogP contribution in [0.5, 0.6) is 11.5 Å². The van der Waals surface area contributed by atoms with Gasteiger partial charge in [0.2, 0.25) is 0 Å². The highest BCUT2D eigenvalue weighted by molar-refractivity contribution is 6.12. The lowest BCUT2D eigenvalue weighted by molar-refractivity contribution is 0.452. The van der Waals surface area contributed by atoms with Gasteiger partial charge < -0.3 is 14.2 Å². The lowest BCUT2D eigenvalue weighted by Gasteiger charge is -2.43. The van der Waals surface area contributed by atoms with Gasteiger partial charge in [-0.15, -0.1) is 0 Å². The molecule has 0 bridgehead atoms. The van der Waals surface area contributed by atoms with E-state index in [-0.39, 0.29) is 44.3 Å². The number of rotatable bonds is 7. The summed E-state index contributed by atoms with van der Waals surface area (Å²) in [6, 6.07) is 94.3. The molecule has 0 saturated heterocycles. The monoisotopic (exact) mass is 1320 g/mol. The van der Waals surface area contributed by atoms with Crippen molar-refractivity contribution in [1.29, 1.82) is 0 Å². The first-order valence-electron chi connectivity index (χ1n) is 36.7. The Morgan fingerprint density at radius 2 is 0.782 bits per heavy atom. The van der Waals surface area contributed by atoms with Crippen LogP contribution in [0.2, 0.25) is 0 Å². The number of hydrogen-bond donors (Lipinski definition) is 0. The standard InChI is InChI=1S/C98H96N2O/c1-93(2,3)66-39-43-81-77(55-66)78-56-67(94(4,5)6)40-44-82(78)99(81)72-41-42-75-83(57-72)100(92-76(59-30-22-19-23-31-59)58-80-87(60-32-24-20-25-33-60)73-36-28-29-37-74(73)89(80)88(92)61-34-26-21-27-35-61)84-51-65(64-48-70(97(13,14)15)54-71(49-64)98(16,17)18)52-86-91(84)90(75)79-50-62(38-45-85(79)101-86)63-46-68(95(7,8)9)53-69(47-63)96(10,11)12/h19-58,87,90H,1-18H3. The average molecular weight is 1320 g/mol. The van der Waals surface area contributed by atoms with E-state index < -0.39 is 0 Å². The molecule has 3 heteroatoms. The molecule has 0 N–H and O–H groups in total. The van der Waals surface area contributed by atoms with E-state index in [4.69, 9.17) is 4.74 Å². The van der Waals surface area contributed by atoms with Crippen LogP contribution in [0.3, 0.4) is 0 Å². The maximum Gasteiger partial charge on any atom is 0.134 e. The van der Waals surface area contributed by atoms with Crippen LogP contribution < -0.4 is 9.64 Å². The number of benzene rings is 12. The molecule has 2 atom stereocenters. The first-order valence-corrected chi connectivity index (χ1v) is 36.7. The fourth-order valence-corrected chi connectivity index (χ4v) is 16.3. The summed E-state index contributed by atoms with van der Waals surface area (Å²) in [5.41, 5.74) is 33.5. The molecule has 101 heavy (non-hydrogen) atoms. The highest BCUT2D eigenvalue weighted by Crippen LogP contribution is 2.65. The molecule has 1 aromatic heterocycles. The molecule has 0 amide bonds. The molecule has 13 aromatic rings. The van der Waals surface area contributed by atoms with Crippen LogP contribution in [0.15, 0.2) is 243 Å². The fourth-order valence-electron chi connectivity index (χ4n) is 16.3. The quantitative estimate of drug-likeness (QED) is 0.158. The van der Waals surface area contributed by atoms with E-state index >= 15 is 0 Å². The van der Waals surface area contributed by atoms with Gasteiger partial charge in [-0.1, -0.05) is 301 Å². The molecule has 0 saturated carbocycles. The molecule has 16 rings (SSSR count). The van der Waals surface area contributed by atoms with Gasteiger partial charge in [-0.05, 0) is 199 Å². The van der Waals surface area contributed by atoms with Crippen LogP contribution in [-0.2, 0) is 32.5 Å². The molecule has 504 valence electrons. The van der Waals surface area contributed by atoms with Gasteiger partial charge in [0.15, 0.2) is 0 Å². The number of fused-ring (bicyclic) bond motifs is 10. The van der Waals surface area contributed by atoms with Gasteiger partial charge >= 0.3 is 0 Å². The predicted molar refractivity (Wildman–Crippen MR) is 430 cm³/mol. The Morgan fingerprint density at radius 1 is 0.287 bits per heavy atom. The van der Waals surface area contributed by atoms with E-state index in [0.29, 0.717) is 0 Å². The number of ether oxygens (including phenoxy) is 1. The van der Waals surface area contributed by atoms with Crippen molar-refractivity contribution in [3.05, 3.63) is 309 Å². The van der Waals surface area contributed by atoms with Gasteiger partial charge in [0.1, 0.15) is 11.5 Å². The van der Waals surface area contributed by atoms with Crippen molar-refractivity contribution >= 4 is 38.9 Å². The normalized spacial score (nSPS) is 15.1. The van der Waals surface area contributed by atoms with Gasteiger partial charge in [0.05, 0.1) is 28.1 Å². The van der Waals surface area contributed by atoms with Crippen molar-refractivity contribution in [1.82, 2.24) is 4.57 Å². The third-order valence-corrected chi connectivity index (χ3v) is 22.2. The van der Waals surface area contributed by atoms with Crippen molar-refractivity contribution < 1.29 is 4.74 Å². The van der Waals surface area contributed by atoms with E-state index in [2.05, 4.69) is 377 Å². The van der Waals surface area contributed by atoms with Crippen LogP contribution in [0.1, 0.15) is 203 Å². The van der Waals surface area contributed by atoms with E-state index in [0.717, 1.165) is 67.6 Å². The molecule has 0 fully saturated rings. The predicted octanol–water partition coefficient (Wildman–Crippen LogP) is 27.5. The summed E-state index contributed by atoms with van der Waals surface area (Å²) in [4.78, 5) is 2.73. The maximum absolute atomic E-state index is 7.76. The molecule has 3 aliphatic rings. The second-order valence-corrected chi connectivity index (χ2v) is 35.4. The summed E-state index contributed by atoms with van der Waals surface area (Å²) in [5, 5.41) is 2.53. The van der Waals surface area contributed by atoms with Crippen LogP contribution in [0.25, 0.3) is 83.1 Å². The largest absolute Gasteiger partial charge is 0.457 e. The highest BCUT2D eigenvalue weighted by atomic mass is 16.5. The van der Waals surface area contributed by atoms with E-state index in [1.165, 1.54) is 111 Å². The molecule has 0 spiro atoms. The number of aromatic nitrogens is 1. The van der Waals surface area contributed by atoms with E-state index in [1.807, 2.05) is 0 Å². The summed E-state index contributed by atoms with van der Waals surface area (Å²) < 4.78 is 10.3. The van der Waals surface area contributed by atoms with Gasteiger partial charge in [-0.25, -0.2) is 0 Å². The molecule has 2 unspecified atom stereocenters. The minimum absolute atomic E-state index is 0.00948. The maximum atomic E-state index is 7.76. The lowest BCUT2D eigenvalue weighted by atomic mass is 9.75. The fraction of sp³-hybridized carbons (Fsp3) is 0.265. The molecule has 3 nitrogen and oxygen atoms in total. The molecule has 3 heterocycles. The van der Waals surface area contributed by atoms with Crippen LogP contribution >= 0.6 is 0 Å². The number of hydrogen-bond acceptors (Lipinski definition) is 2. The Balaban J connectivity index is 1.08. The summed E-state index contributed by atoms with van der Waals surface area (Å²) in [6.45, 7) is 42.2. The first kappa shape index (κ1) is 65.6. The number of anilines is 3. The Labute approximate surface area is 600 Å². The third kappa shape index (κ3) is 11.3. The zero-order chi connectivity index (χ0) is 70.8. The Morgan fingerprint density at radius 3 is 1.33 bits per heavy atom. The van der Waals surface area contributed by atoms with E-state index in [1.54, 1.807) is 0 Å². The van der Waals surface area contributed by atoms with Gasteiger partial charge in [-0.3, -0.25) is 0 Å². The van der Waals surface area contributed by atoms with Gasteiger partial charge in [0.25, 0.3) is 0 Å². The molecule has 0 radical (unpaired) electrons. The Bertz CT molecular complexity index is 5350. The molecule has 12 aromatic carbocycles. The van der Waals surface area contributed by atoms with Crippen LogP contribution in [0.4, 0.5) is 17.1 Å². The summed E-state index contributed by atoms with van der Waals surface area (Å²) in [5.74, 6) is 1.50. The zero-order valence-electron chi connectivity index (χ0n) is 62.6. The number of nitrogens with zero attached hydrogens (tertiary/aromatic N) is 2. The van der Waals surface area contributed by atoms with Crippen molar-refractivity contribution in [2.24, 2.45) is 0 Å². The van der Waals surface area contributed by atoms with Crippen molar-refractivity contribution in [2.45, 2.75) is 169 Å². The van der Waals surface area contributed by atoms with Crippen LogP contribution in [0, 0.1) is 0 Å². The molecule has 1 aliphatic carbocycles. The van der Waals surface area contributed by atoms with Crippen molar-refractivity contribution in [3.8, 4) is 72.8 Å². The van der Waals surface area contributed by atoms with Crippen LogP contribution in [-0.4, -0.2) is 4.57 Å². The minimum Gasteiger partial charge on any atom is -0.457 e. The summed E-state index contributed by atoms with van der Waals surface area (Å²) >= 11 is 0. The highest BCUT2D eigenvalue weighted by Gasteiger charge is 2.44. The van der Waals surface area contributed by atoms with Crippen molar-refractivity contribution in [3.63, 3.8) is 0 Å². The third-order valence-electron chi connectivity index (χ3n) is 22.2. The Hall–Kier alpha value is -9.96. The SMILES string of the molecule is CC(C)(C)c1cc(-c2ccc3c(c2)C2c4ccc(-n5c6ccc(C(C)(C)C)cc6c6cc(C(C)(C)C)ccc65)cc4N(c4c(-c5ccccc5)cc5c(c4-c4ccccc4)-c4ccccc4C5c4ccccc4)c4cc(-c5cc(C(C)(C)C)cc(C(C)(C)C)c5)cc(c42)O3)cc(C(C)(C)C)c1. The molecule has 2 aliphatic heterocycles. The summed E-state index contributed by atoms with van der Waals surface area (Å²) in [7, 11) is 0. The Kier molecular flexibility index (Phi) is 15.1. The minimum atomic E-state index is -0.239. The second kappa shape index (κ2) is 23.3. The van der Waals surface area contributed by atoms with Crippen molar-refractivity contribution in [2.75, 3.05) is 4.90 Å². The molecular formula is C98H96N2O. The second-order valence-electron chi connectivity index (χ2n) is 35.4. The topological polar surface area (TPSA) is 17.4 Å². The van der Waals surface area contributed by atoms with E-state index in [9.17, 15) is 0 Å². The zero-order valence-corrected chi connectivity index (χ0v) is 62.6. The smallest absolute Gasteiger partial charge is 0.134 e. The molecular weight excluding hydrogens is 1220 g/mol. The first-order chi connectivity index (χ1) is 47.9. The van der Waals surface area contributed by atoms with Gasteiger partial charge in [-0.2, -0.15) is 0 Å². The average Bonchev–Trinajstić information content (AvgIpc) is 1.48. The summed E-state index contributed by atoms with van der Waals surface area (Å²) in [6.07, 6.45) is 0. The lowest BCUT2D eigenvalue weighted by Crippen LogP contribution is -2.26. The van der Waals surface area contributed by atoms with Gasteiger partial charge in [0, 0.05) is 50.5 Å².